The molecule has 0 aliphatic heterocycles. The van der Waals surface area contributed by atoms with Crippen molar-refractivity contribution in [2.24, 2.45) is 10.1 Å². The number of rotatable bonds is 3. The number of thiazole rings is 1. The van der Waals surface area contributed by atoms with Crippen LogP contribution in [-0.2, 0) is 0 Å². The van der Waals surface area contributed by atoms with Crippen LogP contribution in [-0.4, -0.2) is 22.9 Å². The van der Waals surface area contributed by atoms with Gasteiger partial charge >= 0.3 is 0 Å². The second-order valence-corrected chi connectivity index (χ2v) is 8.02. The fourth-order valence-electron chi connectivity index (χ4n) is 3.18. The summed E-state index contributed by atoms with van der Waals surface area (Å²) in [6, 6.07) is 16.1. The van der Waals surface area contributed by atoms with E-state index in [0.29, 0.717) is 0 Å². The average Bonchev–Trinajstić information content (AvgIpc) is 3.41. The predicted molar refractivity (Wildman–Crippen MR) is 118 cm³/mol. The maximum Gasteiger partial charge on any atom is 0.206 e. The van der Waals surface area contributed by atoms with Crippen LogP contribution in [0.5, 0.6) is 0 Å². The number of para-hydroxylation sites is 1. The molecule has 0 radical (unpaired) electrons. The van der Waals surface area contributed by atoms with Gasteiger partial charge < -0.3 is 9.40 Å². The average molecular weight is 451 g/mol. The number of furan rings is 1. The zero-order valence-electron chi connectivity index (χ0n) is 14.9. The standard InChI is InChI=1S/C21H15BrN4OS/c1-23-21-26(25-11-14-10-24-17-7-6-15(22)9-16(14)17)18(12-28-21)20-8-13-4-2-3-5-19(13)27-20/h2-12,24H,1H3. The van der Waals surface area contributed by atoms with Gasteiger partial charge in [0, 0.05) is 44.9 Å². The minimum atomic E-state index is 0.770. The Balaban J connectivity index is 1.62. The van der Waals surface area contributed by atoms with Crippen molar-refractivity contribution in [3.63, 3.8) is 0 Å². The molecule has 5 aromatic rings. The van der Waals surface area contributed by atoms with Gasteiger partial charge in [-0.15, -0.1) is 11.3 Å². The second kappa shape index (κ2) is 6.92. The lowest BCUT2D eigenvalue weighted by atomic mass is 10.2. The van der Waals surface area contributed by atoms with Gasteiger partial charge in [-0.05, 0) is 30.3 Å². The minimum absolute atomic E-state index is 0.770. The summed E-state index contributed by atoms with van der Waals surface area (Å²) in [5, 5.41) is 8.91. The number of aromatic amines is 1. The van der Waals surface area contributed by atoms with E-state index in [9.17, 15) is 0 Å². The van der Waals surface area contributed by atoms with E-state index in [-0.39, 0.29) is 0 Å². The lowest BCUT2D eigenvalue weighted by Crippen LogP contribution is -2.11. The molecule has 0 spiro atoms. The number of H-pyrrole nitrogens is 1. The molecular weight excluding hydrogens is 436 g/mol. The first-order valence-corrected chi connectivity index (χ1v) is 10.3. The van der Waals surface area contributed by atoms with Gasteiger partial charge in [-0.3, -0.25) is 4.99 Å². The molecule has 0 aliphatic rings. The summed E-state index contributed by atoms with van der Waals surface area (Å²) in [5.74, 6) is 0.770. The van der Waals surface area contributed by atoms with Crippen molar-refractivity contribution in [3.8, 4) is 11.5 Å². The summed E-state index contributed by atoms with van der Waals surface area (Å²) in [6.45, 7) is 0. The van der Waals surface area contributed by atoms with Crippen LogP contribution in [0.1, 0.15) is 5.56 Å². The molecule has 0 saturated carbocycles. The Labute approximate surface area is 172 Å². The van der Waals surface area contributed by atoms with E-state index in [2.05, 4.69) is 32.0 Å². The minimum Gasteiger partial charge on any atom is -0.454 e. The van der Waals surface area contributed by atoms with E-state index in [1.807, 2.05) is 64.9 Å². The fourth-order valence-corrected chi connectivity index (χ4v) is 4.33. The number of nitrogens with one attached hydrogen (secondary N) is 1. The van der Waals surface area contributed by atoms with Crippen LogP contribution in [0.25, 0.3) is 33.3 Å². The van der Waals surface area contributed by atoms with Crippen LogP contribution >= 0.6 is 27.3 Å². The summed E-state index contributed by atoms with van der Waals surface area (Å²) in [5.41, 5.74) is 3.81. The lowest BCUT2D eigenvalue weighted by Gasteiger charge is -2.00. The molecular formula is C21H15BrN4OS. The third-order valence-electron chi connectivity index (χ3n) is 4.54. The molecule has 0 atom stereocenters. The molecule has 2 aromatic carbocycles. The molecule has 0 aliphatic carbocycles. The molecule has 0 fully saturated rings. The Hall–Kier alpha value is -2.90. The Morgan fingerprint density at radius 1 is 1.18 bits per heavy atom. The maximum absolute atomic E-state index is 6.03. The van der Waals surface area contributed by atoms with Crippen LogP contribution in [0.4, 0.5) is 0 Å². The van der Waals surface area contributed by atoms with Crippen molar-refractivity contribution in [2.45, 2.75) is 0 Å². The highest BCUT2D eigenvalue weighted by Gasteiger charge is 2.12. The second-order valence-electron chi connectivity index (χ2n) is 6.27. The smallest absolute Gasteiger partial charge is 0.206 e. The van der Waals surface area contributed by atoms with E-state index in [1.54, 1.807) is 7.05 Å². The van der Waals surface area contributed by atoms with Crippen LogP contribution < -0.4 is 4.80 Å². The molecule has 0 bridgehead atoms. The van der Waals surface area contributed by atoms with E-state index >= 15 is 0 Å². The Bertz CT molecular complexity index is 1370. The quantitative estimate of drug-likeness (QED) is 0.356. The van der Waals surface area contributed by atoms with Crippen LogP contribution in [0.15, 0.2) is 79.1 Å². The number of hydrogen-bond donors (Lipinski definition) is 1. The first kappa shape index (κ1) is 17.2. The van der Waals surface area contributed by atoms with Gasteiger partial charge in [0.1, 0.15) is 11.3 Å². The predicted octanol–water partition coefficient (Wildman–Crippen LogP) is 5.62. The van der Waals surface area contributed by atoms with Crippen molar-refractivity contribution in [3.05, 3.63) is 74.9 Å². The maximum atomic E-state index is 6.03. The molecule has 0 unspecified atom stereocenters. The fraction of sp³-hybridized carbons (Fsp3) is 0.0476. The largest absolute Gasteiger partial charge is 0.454 e. The molecule has 0 amide bonds. The van der Waals surface area contributed by atoms with E-state index < -0.39 is 0 Å². The topological polar surface area (TPSA) is 58.6 Å². The molecule has 28 heavy (non-hydrogen) atoms. The van der Waals surface area contributed by atoms with Gasteiger partial charge in [-0.25, -0.2) is 4.68 Å². The van der Waals surface area contributed by atoms with E-state index in [0.717, 1.165) is 48.2 Å². The Morgan fingerprint density at radius 2 is 2.07 bits per heavy atom. The molecule has 5 nitrogen and oxygen atoms in total. The Kier molecular flexibility index (Phi) is 4.26. The zero-order valence-corrected chi connectivity index (χ0v) is 17.3. The van der Waals surface area contributed by atoms with Crippen molar-refractivity contribution in [2.75, 3.05) is 7.05 Å². The molecule has 3 heterocycles. The normalized spacial score (nSPS) is 12.7. The molecule has 3 aromatic heterocycles. The highest BCUT2D eigenvalue weighted by atomic mass is 79.9. The summed E-state index contributed by atoms with van der Waals surface area (Å²) >= 11 is 5.06. The third-order valence-corrected chi connectivity index (χ3v) is 5.94. The van der Waals surface area contributed by atoms with Gasteiger partial charge in [-0.1, -0.05) is 34.1 Å². The van der Waals surface area contributed by atoms with Crippen molar-refractivity contribution >= 4 is 55.4 Å². The summed E-state index contributed by atoms with van der Waals surface area (Å²) in [4.78, 5) is 8.43. The number of nitrogens with zero attached hydrogens (tertiary/aromatic N) is 3. The number of benzene rings is 2. The summed E-state index contributed by atoms with van der Waals surface area (Å²) in [7, 11) is 1.77. The third kappa shape index (κ3) is 2.93. The van der Waals surface area contributed by atoms with Gasteiger partial charge in [0.15, 0.2) is 5.76 Å². The first-order valence-electron chi connectivity index (χ1n) is 8.66. The molecule has 0 saturated heterocycles. The number of hydrogen-bond acceptors (Lipinski definition) is 4. The van der Waals surface area contributed by atoms with Crippen LogP contribution in [0.3, 0.4) is 0 Å². The van der Waals surface area contributed by atoms with Gasteiger partial charge in [0.05, 0.1) is 6.21 Å². The van der Waals surface area contributed by atoms with Gasteiger partial charge in [0.25, 0.3) is 0 Å². The van der Waals surface area contributed by atoms with Crippen molar-refractivity contribution in [1.29, 1.82) is 0 Å². The van der Waals surface area contributed by atoms with Crippen molar-refractivity contribution < 1.29 is 4.42 Å². The summed E-state index contributed by atoms with van der Waals surface area (Å²) < 4.78 is 8.88. The molecule has 7 heteroatoms. The zero-order chi connectivity index (χ0) is 19.1. The SMILES string of the molecule is CN=c1scc(-c2cc3ccccc3o2)n1N=Cc1c[nH]c2ccc(Br)cc12. The van der Waals surface area contributed by atoms with E-state index in [1.165, 1.54) is 11.3 Å². The van der Waals surface area contributed by atoms with Gasteiger partial charge in [-0.2, -0.15) is 5.10 Å². The number of halogens is 1. The Morgan fingerprint density at radius 3 is 2.93 bits per heavy atom. The monoisotopic (exact) mass is 450 g/mol. The first-order chi connectivity index (χ1) is 13.7. The highest BCUT2D eigenvalue weighted by molar-refractivity contribution is 9.10. The highest BCUT2D eigenvalue weighted by Crippen LogP contribution is 2.28. The number of fused-ring (bicyclic) bond motifs is 2. The lowest BCUT2D eigenvalue weighted by molar-refractivity contribution is 0.622. The van der Waals surface area contributed by atoms with Crippen LogP contribution in [0, 0.1) is 0 Å². The van der Waals surface area contributed by atoms with E-state index in [4.69, 9.17) is 9.52 Å². The molecule has 5 rings (SSSR count). The van der Waals surface area contributed by atoms with Crippen LogP contribution in [0.2, 0.25) is 0 Å². The summed E-state index contributed by atoms with van der Waals surface area (Å²) in [6.07, 6.45) is 3.80. The van der Waals surface area contributed by atoms with Gasteiger partial charge in [0.2, 0.25) is 4.80 Å². The number of aromatic nitrogens is 2. The van der Waals surface area contributed by atoms with Crippen molar-refractivity contribution in [1.82, 2.24) is 9.66 Å². The molecule has 138 valence electrons. The molecule has 1 N–H and O–H groups in total.